The van der Waals surface area contributed by atoms with Gasteiger partial charge in [0.2, 0.25) is 0 Å². The van der Waals surface area contributed by atoms with Crippen LogP contribution in [0.4, 0.5) is 0 Å². The van der Waals surface area contributed by atoms with E-state index in [0.717, 1.165) is 50.8 Å². The van der Waals surface area contributed by atoms with Crippen molar-refractivity contribution >= 4 is 0 Å². The summed E-state index contributed by atoms with van der Waals surface area (Å²) in [5.74, 6) is 2.23. The first-order chi connectivity index (χ1) is 8.27. The van der Waals surface area contributed by atoms with E-state index in [1.165, 1.54) is 12.8 Å². The Morgan fingerprint density at radius 2 is 2.35 bits per heavy atom. The van der Waals surface area contributed by atoms with Crippen molar-refractivity contribution in [3.63, 3.8) is 0 Å². The predicted octanol–water partition coefficient (Wildman–Crippen LogP) is 0.883. The molecule has 0 spiro atoms. The number of ether oxygens (including phenoxy) is 1. The maximum atomic E-state index is 5.44. The van der Waals surface area contributed by atoms with Crippen LogP contribution in [0.2, 0.25) is 0 Å². The van der Waals surface area contributed by atoms with Gasteiger partial charge in [0.25, 0.3) is 0 Å². The topological polar surface area (TPSA) is 52.0 Å². The SMILES string of the molecule is CC1(NCc2nnc3n2CCCC3)CCOC1. The van der Waals surface area contributed by atoms with Crippen molar-refractivity contribution in [1.29, 1.82) is 0 Å². The Hall–Kier alpha value is -0.940. The molecule has 1 unspecified atom stereocenters. The standard InChI is InChI=1S/C12H20N4O/c1-12(5-7-17-9-12)13-8-11-15-14-10-4-2-3-6-16(10)11/h13H,2-9H2,1H3. The molecule has 1 fully saturated rings. The van der Waals surface area contributed by atoms with Crippen molar-refractivity contribution in [2.45, 2.75) is 51.2 Å². The van der Waals surface area contributed by atoms with Crippen LogP contribution in [0.3, 0.4) is 0 Å². The van der Waals surface area contributed by atoms with Crippen LogP contribution in [0.15, 0.2) is 0 Å². The van der Waals surface area contributed by atoms with E-state index >= 15 is 0 Å². The molecule has 17 heavy (non-hydrogen) atoms. The molecule has 0 radical (unpaired) electrons. The largest absolute Gasteiger partial charge is 0.379 e. The molecule has 1 aromatic heterocycles. The van der Waals surface area contributed by atoms with Gasteiger partial charge in [0, 0.05) is 25.1 Å². The average molecular weight is 236 g/mol. The second kappa shape index (κ2) is 4.38. The molecule has 1 aromatic rings. The van der Waals surface area contributed by atoms with E-state index < -0.39 is 0 Å². The molecule has 1 atom stereocenters. The molecule has 94 valence electrons. The molecular weight excluding hydrogens is 216 g/mol. The lowest BCUT2D eigenvalue weighted by Gasteiger charge is -2.24. The molecule has 0 amide bonds. The summed E-state index contributed by atoms with van der Waals surface area (Å²) in [4.78, 5) is 0. The number of aryl methyl sites for hydroxylation is 1. The fourth-order valence-electron chi connectivity index (χ4n) is 2.60. The smallest absolute Gasteiger partial charge is 0.147 e. The third-order valence-electron chi connectivity index (χ3n) is 3.83. The molecule has 0 saturated carbocycles. The van der Waals surface area contributed by atoms with Crippen LogP contribution in [0.1, 0.15) is 37.8 Å². The zero-order valence-corrected chi connectivity index (χ0v) is 10.4. The summed E-state index contributed by atoms with van der Waals surface area (Å²) < 4.78 is 7.71. The summed E-state index contributed by atoms with van der Waals surface area (Å²) >= 11 is 0. The summed E-state index contributed by atoms with van der Waals surface area (Å²) in [6, 6.07) is 0. The van der Waals surface area contributed by atoms with E-state index in [1.807, 2.05) is 0 Å². The number of nitrogens with one attached hydrogen (secondary N) is 1. The van der Waals surface area contributed by atoms with E-state index in [1.54, 1.807) is 0 Å². The minimum Gasteiger partial charge on any atom is -0.379 e. The number of fused-ring (bicyclic) bond motifs is 1. The van der Waals surface area contributed by atoms with Crippen LogP contribution in [-0.4, -0.2) is 33.5 Å². The number of nitrogens with zero attached hydrogens (tertiary/aromatic N) is 3. The third kappa shape index (κ3) is 2.21. The normalized spacial score (nSPS) is 28.3. The lowest BCUT2D eigenvalue weighted by Crippen LogP contribution is -2.42. The molecule has 5 heteroatoms. The average Bonchev–Trinajstić information content (AvgIpc) is 2.94. The molecule has 0 aliphatic carbocycles. The second-order valence-electron chi connectivity index (χ2n) is 5.36. The molecule has 0 aromatic carbocycles. The highest BCUT2D eigenvalue weighted by atomic mass is 16.5. The van der Waals surface area contributed by atoms with Crippen LogP contribution < -0.4 is 5.32 Å². The van der Waals surface area contributed by atoms with Crippen molar-refractivity contribution in [2.75, 3.05) is 13.2 Å². The van der Waals surface area contributed by atoms with E-state index in [-0.39, 0.29) is 5.54 Å². The lowest BCUT2D eigenvalue weighted by molar-refractivity contribution is 0.170. The fraction of sp³-hybridized carbons (Fsp3) is 0.833. The summed E-state index contributed by atoms with van der Waals surface area (Å²) in [6.45, 7) is 5.75. The van der Waals surface area contributed by atoms with Crippen LogP contribution in [0.5, 0.6) is 0 Å². The maximum absolute atomic E-state index is 5.44. The maximum Gasteiger partial charge on any atom is 0.147 e. The van der Waals surface area contributed by atoms with Gasteiger partial charge in [-0.1, -0.05) is 0 Å². The first-order valence-electron chi connectivity index (χ1n) is 6.51. The Bertz CT molecular complexity index is 395. The highest BCUT2D eigenvalue weighted by Crippen LogP contribution is 2.19. The molecule has 1 N–H and O–H groups in total. The minimum absolute atomic E-state index is 0.112. The molecule has 2 aliphatic rings. The quantitative estimate of drug-likeness (QED) is 0.846. The van der Waals surface area contributed by atoms with Crippen molar-refractivity contribution in [3.05, 3.63) is 11.6 Å². The van der Waals surface area contributed by atoms with E-state index in [2.05, 4.69) is 27.0 Å². The summed E-state index contributed by atoms with van der Waals surface area (Å²) in [5, 5.41) is 12.1. The van der Waals surface area contributed by atoms with Crippen LogP contribution in [0.25, 0.3) is 0 Å². The number of hydrogen-bond acceptors (Lipinski definition) is 4. The summed E-state index contributed by atoms with van der Waals surface area (Å²) in [6.07, 6.45) is 4.65. The Morgan fingerprint density at radius 3 is 3.18 bits per heavy atom. The van der Waals surface area contributed by atoms with E-state index in [9.17, 15) is 0 Å². The molecule has 2 aliphatic heterocycles. The number of hydrogen-bond donors (Lipinski definition) is 1. The minimum atomic E-state index is 0.112. The molecule has 1 saturated heterocycles. The first-order valence-corrected chi connectivity index (χ1v) is 6.51. The highest BCUT2D eigenvalue weighted by Gasteiger charge is 2.29. The number of aromatic nitrogens is 3. The van der Waals surface area contributed by atoms with Gasteiger partial charge in [0.1, 0.15) is 11.6 Å². The summed E-state index contributed by atoms with van der Waals surface area (Å²) in [7, 11) is 0. The van der Waals surface area contributed by atoms with Gasteiger partial charge in [0.05, 0.1) is 13.2 Å². The molecule has 3 rings (SSSR count). The van der Waals surface area contributed by atoms with Gasteiger partial charge in [0.15, 0.2) is 0 Å². The number of rotatable bonds is 3. The predicted molar refractivity (Wildman–Crippen MR) is 63.6 cm³/mol. The van der Waals surface area contributed by atoms with Gasteiger partial charge in [-0.15, -0.1) is 10.2 Å². The Kier molecular flexibility index (Phi) is 2.88. The van der Waals surface area contributed by atoms with E-state index in [0.29, 0.717) is 0 Å². The van der Waals surface area contributed by atoms with Gasteiger partial charge in [-0.05, 0) is 26.2 Å². The van der Waals surface area contributed by atoms with Crippen LogP contribution >= 0.6 is 0 Å². The molecule has 5 nitrogen and oxygen atoms in total. The third-order valence-corrected chi connectivity index (χ3v) is 3.83. The van der Waals surface area contributed by atoms with Crippen molar-refractivity contribution < 1.29 is 4.74 Å². The summed E-state index contributed by atoms with van der Waals surface area (Å²) in [5.41, 5.74) is 0.112. The van der Waals surface area contributed by atoms with Crippen molar-refractivity contribution in [3.8, 4) is 0 Å². The highest BCUT2D eigenvalue weighted by molar-refractivity contribution is 5.00. The fourth-order valence-corrected chi connectivity index (χ4v) is 2.60. The van der Waals surface area contributed by atoms with Crippen molar-refractivity contribution in [2.24, 2.45) is 0 Å². The van der Waals surface area contributed by atoms with Crippen molar-refractivity contribution in [1.82, 2.24) is 20.1 Å². The Morgan fingerprint density at radius 1 is 1.41 bits per heavy atom. The molecule has 3 heterocycles. The van der Waals surface area contributed by atoms with Crippen LogP contribution in [-0.2, 0) is 24.2 Å². The molecule has 0 bridgehead atoms. The first kappa shape index (κ1) is 11.2. The van der Waals surface area contributed by atoms with Gasteiger partial charge in [-0.25, -0.2) is 0 Å². The lowest BCUT2D eigenvalue weighted by atomic mass is 10.0. The van der Waals surface area contributed by atoms with Gasteiger partial charge in [-0.2, -0.15) is 0 Å². The Labute approximate surface area is 102 Å². The molecular formula is C12H20N4O. The van der Waals surface area contributed by atoms with Crippen LogP contribution in [0, 0.1) is 0 Å². The zero-order chi connectivity index (χ0) is 11.7. The Balaban J connectivity index is 1.67. The van der Waals surface area contributed by atoms with E-state index in [4.69, 9.17) is 4.74 Å². The van der Waals surface area contributed by atoms with Gasteiger partial charge in [-0.3, -0.25) is 0 Å². The van der Waals surface area contributed by atoms with Gasteiger partial charge < -0.3 is 14.6 Å². The second-order valence-corrected chi connectivity index (χ2v) is 5.36. The van der Waals surface area contributed by atoms with Gasteiger partial charge >= 0.3 is 0 Å². The zero-order valence-electron chi connectivity index (χ0n) is 10.4. The monoisotopic (exact) mass is 236 g/mol.